The van der Waals surface area contributed by atoms with Gasteiger partial charge in [0.25, 0.3) is 0 Å². The third kappa shape index (κ3) is 7.13. The summed E-state index contributed by atoms with van der Waals surface area (Å²) in [5, 5.41) is 10.7. The number of primary amides is 1. The van der Waals surface area contributed by atoms with Gasteiger partial charge in [0.05, 0.1) is 16.7 Å². The molecule has 9 nitrogen and oxygen atoms in total. The van der Waals surface area contributed by atoms with Gasteiger partial charge < -0.3 is 15.4 Å². The van der Waals surface area contributed by atoms with Gasteiger partial charge in [0.2, 0.25) is 0 Å². The van der Waals surface area contributed by atoms with Crippen molar-refractivity contribution < 1.29 is 23.5 Å². The van der Waals surface area contributed by atoms with Crippen LogP contribution in [-0.4, -0.2) is 36.9 Å². The number of ketones is 1. The van der Waals surface area contributed by atoms with Gasteiger partial charge in [-0.15, -0.1) is 0 Å². The Morgan fingerprint density at radius 1 is 1.18 bits per heavy atom. The van der Waals surface area contributed by atoms with Crippen molar-refractivity contribution in [3.63, 3.8) is 0 Å². The SMILES string of the molecule is CCC(=O)c1ccc(F)c(C2CC2)c1OC(=O)c1cccc(N(C)C)c1.N#Cc1ccc(NC(N)=O)nc1. The van der Waals surface area contributed by atoms with Crippen LogP contribution in [0.5, 0.6) is 5.75 Å². The number of hydrogen-bond donors (Lipinski definition) is 2. The lowest BCUT2D eigenvalue weighted by atomic mass is 10.00. The number of amides is 2. The van der Waals surface area contributed by atoms with E-state index in [9.17, 15) is 18.8 Å². The zero-order valence-electron chi connectivity index (χ0n) is 21.3. The van der Waals surface area contributed by atoms with Crippen LogP contribution in [0.3, 0.4) is 0 Å². The molecular weight excluding hydrogens is 489 g/mol. The summed E-state index contributed by atoms with van der Waals surface area (Å²) in [6.45, 7) is 1.73. The fourth-order valence-electron chi connectivity index (χ4n) is 3.57. The van der Waals surface area contributed by atoms with Crippen LogP contribution in [0.2, 0.25) is 0 Å². The van der Waals surface area contributed by atoms with Crippen molar-refractivity contribution >= 4 is 29.3 Å². The van der Waals surface area contributed by atoms with Gasteiger partial charge in [0.15, 0.2) is 5.78 Å². The van der Waals surface area contributed by atoms with E-state index in [2.05, 4.69) is 10.3 Å². The predicted molar refractivity (Wildman–Crippen MR) is 141 cm³/mol. The lowest BCUT2D eigenvalue weighted by Crippen LogP contribution is -2.19. The maximum atomic E-state index is 14.4. The molecule has 0 atom stereocenters. The van der Waals surface area contributed by atoms with Crippen molar-refractivity contribution in [3.05, 3.63) is 82.8 Å². The molecule has 10 heteroatoms. The standard InChI is InChI=1S/C21H22FNO3.C7H6N4O/c1-4-18(24)16-10-11-17(22)19(13-8-9-13)20(16)26-21(25)14-6-5-7-15(12-14)23(2)3;8-3-5-1-2-6(10-4-5)11-7(9)12/h5-7,10-13H,4,8-9H2,1-3H3;1-2,4H,(H3,9,10,11,12). The topological polar surface area (TPSA) is 138 Å². The Balaban J connectivity index is 0.000000279. The Morgan fingerprint density at radius 3 is 2.47 bits per heavy atom. The fourth-order valence-corrected chi connectivity index (χ4v) is 3.57. The monoisotopic (exact) mass is 517 g/mol. The number of benzene rings is 2. The zero-order valence-corrected chi connectivity index (χ0v) is 21.3. The fraction of sp³-hybridized carbons (Fsp3) is 0.250. The van der Waals surface area contributed by atoms with E-state index in [-0.39, 0.29) is 29.4 Å². The smallest absolute Gasteiger partial charge is 0.343 e. The number of rotatable bonds is 7. The molecule has 0 spiro atoms. The normalized spacial score (nSPS) is 11.9. The number of carbonyl (C=O) groups is 3. The number of halogens is 1. The van der Waals surface area contributed by atoms with Crippen LogP contribution in [0.4, 0.5) is 20.7 Å². The molecule has 38 heavy (non-hydrogen) atoms. The lowest BCUT2D eigenvalue weighted by molar-refractivity contribution is 0.0730. The second-order valence-electron chi connectivity index (χ2n) is 8.76. The Bertz CT molecular complexity index is 1380. The van der Waals surface area contributed by atoms with Crippen molar-refractivity contribution in [1.29, 1.82) is 5.26 Å². The summed E-state index contributed by atoms with van der Waals surface area (Å²) in [4.78, 5) is 40.9. The molecule has 3 N–H and O–H groups in total. The van der Waals surface area contributed by atoms with E-state index in [1.807, 2.05) is 31.1 Å². The molecule has 2 aromatic carbocycles. The number of urea groups is 1. The second-order valence-corrected chi connectivity index (χ2v) is 8.76. The van der Waals surface area contributed by atoms with Crippen molar-refractivity contribution in [2.75, 3.05) is 24.3 Å². The van der Waals surface area contributed by atoms with Crippen LogP contribution in [0.15, 0.2) is 54.7 Å². The number of nitrogens with two attached hydrogens (primary N) is 1. The zero-order chi connectivity index (χ0) is 27.8. The van der Waals surface area contributed by atoms with Crippen LogP contribution in [0.1, 0.15) is 63.9 Å². The van der Waals surface area contributed by atoms with Gasteiger partial charge in [0.1, 0.15) is 23.5 Å². The summed E-state index contributed by atoms with van der Waals surface area (Å²) < 4.78 is 20.0. The highest BCUT2D eigenvalue weighted by Crippen LogP contribution is 2.47. The first-order valence-electron chi connectivity index (χ1n) is 11.9. The maximum Gasteiger partial charge on any atom is 0.343 e. The summed E-state index contributed by atoms with van der Waals surface area (Å²) in [5.74, 6) is -0.760. The molecule has 3 aromatic rings. The molecule has 0 radical (unpaired) electrons. The Hall–Kier alpha value is -4.78. The molecule has 4 rings (SSSR count). The van der Waals surface area contributed by atoms with Gasteiger partial charge in [-0.3, -0.25) is 10.1 Å². The van der Waals surface area contributed by atoms with Crippen LogP contribution < -0.4 is 20.7 Å². The van der Waals surface area contributed by atoms with Gasteiger partial charge in [0, 0.05) is 38.0 Å². The number of ether oxygens (including phenoxy) is 1. The lowest BCUT2D eigenvalue weighted by Gasteiger charge is -2.16. The molecule has 1 aromatic heterocycles. The average Bonchev–Trinajstić information content (AvgIpc) is 3.74. The molecule has 2 amide bonds. The number of nitrogens with one attached hydrogen (secondary N) is 1. The third-order valence-electron chi connectivity index (χ3n) is 5.69. The first kappa shape index (κ1) is 27.8. The summed E-state index contributed by atoms with van der Waals surface area (Å²) in [7, 11) is 3.75. The van der Waals surface area contributed by atoms with E-state index in [0.29, 0.717) is 22.5 Å². The summed E-state index contributed by atoms with van der Waals surface area (Å²) in [6.07, 6.45) is 3.28. The van der Waals surface area contributed by atoms with Gasteiger partial charge in [-0.25, -0.2) is 19.0 Å². The van der Waals surface area contributed by atoms with Crippen molar-refractivity contribution in [2.24, 2.45) is 5.73 Å². The minimum absolute atomic E-state index is 0.00974. The average molecular weight is 518 g/mol. The van der Waals surface area contributed by atoms with E-state index in [1.165, 1.54) is 30.5 Å². The highest BCUT2D eigenvalue weighted by Gasteiger charge is 2.33. The first-order valence-corrected chi connectivity index (χ1v) is 11.9. The molecular formula is C28H28FN5O4. The molecule has 0 bridgehead atoms. The van der Waals surface area contributed by atoms with E-state index >= 15 is 0 Å². The maximum absolute atomic E-state index is 14.4. The van der Waals surface area contributed by atoms with Crippen molar-refractivity contribution in [2.45, 2.75) is 32.1 Å². The van der Waals surface area contributed by atoms with Crippen LogP contribution in [0.25, 0.3) is 0 Å². The molecule has 1 aliphatic carbocycles. The minimum atomic E-state index is -0.674. The molecule has 1 aliphatic rings. The van der Waals surface area contributed by atoms with E-state index < -0.39 is 17.8 Å². The Labute approximate surface area is 220 Å². The number of aromatic nitrogens is 1. The molecule has 0 unspecified atom stereocenters. The van der Waals surface area contributed by atoms with Gasteiger partial charge in [-0.1, -0.05) is 13.0 Å². The van der Waals surface area contributed by atoms with Gasteiger partial charge in [-0.2, -0.15) is 5.26 Å². The largest absolute Gasteiger partial charge is 0.422 e. The molecule has 0 aliphatic heterocycles. The molecule has 1 saturated carbocycles. The minimum Gasteiger partial charge on any atom is -0.422 e. The van der Waals surface area contributed by atoms with E-state index in [0.717, 1.165) is 18.5 Å². The van der Waals surface area contributed by atoms with E-state index in [1.54, 1.807) is 25.1 Å². The van der Waals surface area contributed by atoms with Gasteiger partial charge in [-0.05, 0) is 61.2 Å². The quantitative estimate of drug-likeness (QED) is 0.255. The number of esters is 1. The van der Waals surface area contributed by atoms with Crippen LogP contribution >= 0.6 is 0 Å². The van der Waals surface area contributed by atoms with E-state index in [4.69, 9.17) is 15.7 Å². The number of Topliss-reactive ketones (excluding diaryl/α,β-unsaturated/α-hetero) is 1. The number of carbonyl (C=O) groups excluding carboxylic acids is 3. The molecule has 1 heterocycles. The van der Waals surface area contributed by atoms with Crippen molar-refractivity contribution in [3.8, 4) is 11.8 Å². The number of pyridine rings is 1. The highest BCUT2D eigenvalue weighted by molar-refractivity contribution is 6.01. The molecule has 1 fully saturated rings. The highest BCUT2D eigenvalue weighted by atomic mass is 19.1. The number of anilines is 2. The van der Waals surface area contributed by atoms with Gasteiger partial charge >= 0.3 is 12.0 Å². The Morgan fingerprint density at radius 2 is 1.92 bits per heavy atom. The molecule has 0 saturated heterocycles. The second kappa shape index (κ2) is 12.5. The molecule has 196 valence electrons. The number of nitrogens with zero attached hydrogens (tertiary/aromatic N) is 3. The number of nitriles is 1. The van der Waals surface area contributed by atoms with Crippen LogP contribution in [0, 0.1) is 17.1 Å². The predicted octanol–water partition coefficient (Wildman–Crippen LogP) is 5.02. The first-order chi connectivity index (χ1) is 18.1. The third-order valence-corrected chi connectivity index (χ3v) is 5.69. The Kier molecular flexibility index (Phi) is 9.11. The summed E-state index contributed by atoms with van der Waals surface area (Å²) in [5.41, 5.74) is 7.11. The summed E-state index contributed by atoms with van der Waals surface area (Å²) in [6, 6.07) is 14.0. The van der Waals surface area contributed by atoms with Crippen molar-refractivity contribution in [1.82, 2.24) is 4.98 Å². The summed E-state index contributed by atoms with van der Waals surface area (Å²) >= 11 is 0. The number of hydrogen-bond acceptors (Lipinski definition) is 7. The van der Waals surface area contributed by atoms with Crippen LogP contribution in [-0.2, 0) is 0 Å².